The van der Waals surface area contributed by atoms with Crippen LogP contribution in [0, 0.1) is 0 Å². The predicted octanol–water partition coefficient (Wildman–Crippen LogP) is 0.335. The zero-order valence-electron chi connectivity index (χ0n) is 10.7. The van der Waals surface area contributed by atoms with Crippen molar-refractivity contribution in [1.82, 2.24) is 9.88 Å². The Kier molecular flexibility index (Phi) is 4.17. The van der Waals surface area contributed by atoms with Crippen LogP contribution < -0.4 is 5.73 Å². The van der Waals surface area contributed by atoms with Gasteiger partial charge >= 0.3 is 0 Å². The normalized spacial score (nSPS) is 23.1. The standard InChI is InChI=1S/C12H17N3O2S2/c1-9-8-19(16,17)6-5-15(9)7-10-3-2-4-14-11(10)12(13)18/h2-4,9H,5-8H2,1H3,(H2,13,18). The van der Waals surface area contributed by atoms with E-state index in [2.05, 4.69) is 9.88 Å². The first-order chi connectivity index (χ1) is 8.89. The lowest BCUT2D eigenvalue weighted by molar-refractivity contribution is 0.218. The molecule has 1 saturated heterocycles. The molecule has 2 N–H and O–H groups in total. The fourth-order valence-corrected chi connectivity index (χ4v) is 4.08. The molecule has 0 aliphatic carbocycles. The number of nitrogens with two attached hydrogens (primary N) is 1. The zero-order valence-corrected chi connectivity index (χ0v) is 12.4. The van der Waals surface area contributed by atoms with Crippen LogP contribution in [0.1, 0.15) is 18.2 Å². The first-order valence-corrected chi connectivity index (χ1v) is 8.30. The van der Waals surface area contributed by atoms with E-state index in [1.54, 1.807) is 6.20 Å². The second-order valence-electron chi connectivity index (χ2n) is 4.81. The Morgan fingerprint density at radius 1 is 1.63 bits per heavy atom. The first-order valence-electron chi connectivity index (χ1n) is 6.07. The van der Waals surface area contributed by atoms with Crippen molar-refractivity contribution < 1.29 is 8.42 Å². The monoisotopic (exact) mass is 299 g/mol. The van der Waals surface area contributed by atoms with Crippen molar-refractivity contribution in [3.8, 4) is 0 Å². The summed E-state index contributed by atoms with van der Waals surface area (Å²) in [6.45, 7) is 3.08. The molecular formula is C12H17N3O2S2. The molecule has 104 valence electrons. The van der Waals surface area contributed by atoms with Gasteiger partial charge in [-0.2, -0.15) is 0 Å². The Bertz CT molecular complexity index is 586. The van der Waals surface area contributed by atoms with Crippen LogP contribution in [0.25, 0.3) is 0 Å². The van der Waals surface area contributed by atoms with Crippen molar-refractivity contribution in [1.29, 1.82) is 0 Å². The average molecular weight is 299 g/mol. The number of aromatic nitrogens is 1. The van der Waals surface area contributed by atoms with Crippen LogP contribution in [0.5, 0.6) is 0 Å². The molecule has 5 nitrogen and oxygen atoms in total. The van der Waals surface area contributed by atoms with Crippen molar-refractivity contribution >= 4 is 27.0 Å². The highest BCUT2D eigenvalue weighted by Crippen LogP contribution is 2.16. The van der Waals surface area contributed by atoms with Crippen LogP contribution in [0.3, 0.4) is 0 Å². The van der Waals surface area contributed by atoms with Crippen LogP contribution in [-0.2, 0) is 16.4 Å². The third-order valence-electron chi connectivity index (χ3n) is 3.31. The van der Waals surface area contributed by atoms with Gasteiger partial charge in [0.1, 0.15) is 10.7 Å². The van der Waals surface area contributed by atoms with Crippen LogP contribution >= 0.6 is 12.2 Å². The molecule has 1 aliphatic heterocycles. The van der Waals surface area contributed by atoms with Crippen molar-refractivity contribution in [2.24, 2.45) is 5.73 Å². The quantitative estimate of drug-likeness (QED) is 0.811. The molecule has 0 spiro atoms. The molecule has 7 heteroatoms. The van der Waals surface area contributed by atoms with E-state index in [0.29, 0.717) is 18.8 Å². The third-order valence-corrected chi connectivity index (χ3v) is 5.29. The van der Waals surface area contributed by atoms with Gasteiger partial charge in [0, 0.05) is 25.3 Å². The van der Waals surface area contributed by atoms with Gasteiger partial charge in [-0.05, 0) is 18.6 Å². The second kappa shape index (κ2) is 5.52. The number of hydrogen-bond acceptors (Lipinski definition) is 5. The molecule has 0 radical (unpaired) electrons. The van der Waals surface area contributed by atoms with Gasteiger partial charge in [0.05, 0.1) is 11.5 Å². The predicted molar refractivity (Wildman–Crippen MR) is 78.7 cm³/mol. The Morgan fingerprint density at radius 2 is 2.37 bits per heavy atom. The summed E-state index contributed by atoms with van der Waals surface area (Å²) in [7, 11) is -2.89. The lowest BCUT2D eigenvalue weighted by Gasteiger charge is -2.33. The number of hydrogen-bond donors (Lipinski definition) is 1. The second-order valence-corrected chi connectivity index (χ2v) is 7.48. The fraction of sp³-hybridized carbons (Fsp3) is 0.500. The molecule has 0 bridgehead atoms. The topological polar surface area (TPSA) is 76.3 Å². The van der Waals surface area contributed by atoms with E-state index in [1.807, 2.05) is 19.1 Å². The highest BCUT2D eigenvalue weighted by atomic mass is 32.2. The van der Waals surface area contributed by atoms with Crippen molar-refractivity contribution in [2.45, 2.75) is 19.5 Å². The zero-order chi connectivity index (χ0) is 14.0. The molecule has 1 aromatic heterocycles. The third kappa shape index (κ3) is 3.49. The van der Waals surface area contributed by atoms with Crippen molar-refractivity contribution in [3.63, 3.8) is 0 Å². The van der Waals surface area contributed by atoms with E-state index in [0.717, 1.165) is 5.56 Å². The van der Waals surface area contributed by atoms with Gasteiger partial charge in [-0.15, -0.1) is 0 Å². The molecule has 2 rings (SSSR count). The summed E-state index contributed by atoms with van der Waals surface area (Å²) in [5, 5.41) is 0. The molecule has 2 heterocycles. The minimum absolute atomic E-state index is 0.00171. The summed E-state index contributed by atoms with van der Waals surface area (Å²) >= 11 is 4.98. The summed E-state index contributed by atoms with van der Waals surface area (Å²) in [5.41, 5.74) is 7.22. The maximum Gasteiger partial charge on any atom is 0.153 e. The number of pyridine rings is 1. The number of sulfone groups is 1. The van der Waals surface area contributed by atoms with Gasteiger partial charge in [0.15, 0.2) is 9.84 Å². The molecule has 0 saturated carbocycles. The van der Waals surface area contributed by atoms with Crippen LogP contribution in [-0.4, -0.2) is 47.4 Å². The number of thiocarbonyl (C=S) groups is 1. The van der Waals surface area contributed by atoms with Gasteiger partial charge in [-0.1, -0.05) is 18.3 Å². The largest absolute Gasteiger partial charge is 0.388 e. The maximum absolute atomic E-state index is 11.6. The lowest BCUT2D eigenvalue weighted by Crippen LogP contribution is -2.46. The van der Waals surface area contributed by atoms with Gasteiger partial charge in [0.2, 0.25) is 0 Å². The van der Waals surface area contributed by atoms with Crippen molar-refractivity contribution in [3.05, 3.63) is 29.6 Å². The first kappa shape index (κ1) is 14.4. The molecule has 0 aromatic carbocycles. The highest BCUT2D eigenvalue weighted by Gasteiger charge is 2.28. The molecule has 1 aromatic rings. The van der Waals surface area contributed by atoms with Crippen LogP contribution in [0.15, 0.2) is 18.3 Å². The summed E-state index contributed by atoms with van der Waals surface area (Å²) in [4.78, 5) is 6.58. The molecule has 1 unspecified atom stereocenters. The fourth-order valence-electron chi connectivity index (χ4n) is 2.27. The Labute approximate surface area is 118 Å². The van der Waals surface area contributed by atoms with Gasteiger partial charge in [-0.3, -0.25) is 9.88 Å². The summed E-state index contributed by atoms with van der Waals surface area (Å²) in [6.07, 6.45) is 1.65. The Hall–Kier alpha value is -1.05. The van der Waals surface area contributed by atoms with E-state index in [4.69, 9.17) is 18.0 Å². The van der Waals surface area contributed by atoms with Crippen LogP contribution in [0.4, 0.5) is 0 Å². The van der Waals surface area contributed by atoms with E-state index in [1.165, 1.54) is 0 Å². The average Bonchev–Trinajstić information content (AvgIpc) is 2.32. The van der Waals surface area contributed by atoms with E-state index < -0.39 is 9.84 Å². The summed E-state index contributed by atoms with van der Waals surface area (Å²) < 4.78 is 23.1. The molecule has 1 aliphatic rings. The van der Waals surface area contributed by atoms with Gasteiger partial charge in [-0.25, -0.2) is 8.42 Å². The Morgan fingerprint density at radius 3 is 3.00 bits per heavy atom. The van der Waals surface area contributed by atoms with E-state index in [-0.39, 0.29) is 22.5 Å². The van der Waals surface area contributed by atoms with Crippen LogP contribution in [0.2, 0.25) is 0 Å². The molecule has 1 fully saturated rings. The molecule has 19 heavy (non-hydrogen) atoms. The Balaban J connectivity index is 2.16. The smallest absolute Gasteiger partial charge is 0.153 e. The van der Waals surface area contributed by atoms with E-state index >= 15 is 0 Å². The minimum Gasteiger partial charge on any atom is -0.388 e. The number of rotatable bonds is 3. The SMILES string of the molecule is CC1CS(=O)(=O)CCN1Cc1cccnc1C(N)=S. The van der Waals surface area contributed by atoms with Gasteiger partial charge < -0.3 is 5.73 Å². The van der Waals surface area contributed by atoms with Gasteiger partial charge in [0.25, 0.3) is 0 Å². The number of nitrogens with zero attached hydrogens (tertiary/aromatic N) is 2. The molecule has 0 amide bonds. The molecule has 1 atom stereocenters. The van der Waals surface area contributed by atoms with Crippen molar-refractivity contribution in [2.75, 3.05) is 18.1 Å². The highest BCUT2D eigenvalue weighted by molar-refractivity contribution is 7.91. The lowest BCUT2D eigenvalue weighted by atomic mass is 10.1. The molecular weight excluding hydrogens is 282 g/mol. The van der Waals surface area contributed by atoms with E-state index in [9.17, 15) is 8.42 Å². The minimum atomic E-state index is -2.89. The summed E-state index contributed by atoms with van der Waals surface area (Å²) in [6, 6.07) is 3.76. The summed E-state index contributed by atoms with van der Waals surface area (Å²) in [5.74, 6) is 0.412. The maximum atomic E-state index is 11.6.